The highest BCUT2D eigenvalue weighted by molar-refractivity contribution is 5.99. The van der Waals surface area contributed by atoms with Gasteiger partial charge in [0.2, 0.25) is 5.91 Å². The lowest BCUT2D eigenvalue weighted by Gasteiger charge is -2.25. The van der Waals surface area contributed by atoms with Crippen LogP contribution >= 0.6 is 0 Å². The summed E-state index contributed by atoms with van der Waals surface area (Å²) in [7, 11) is 0. The number of carbonyl (C=O) groups excluding carboxylic acids is 1. The fourth-order valence-electron chi connectivity index (χ4n) is 2.86. The van der Waals surface area contributed by atoms with Crippen LogP contribution in [0.25, 0.3) is 0 Å². The number of alkyl halides is 3. The monoisotopic (exact) mass is 315 g/mol. The van der Waals surface area contributed by atoms with Gasteiger partial charge in [0.25, 0.3) is 0 Å². The Kier molecular flexibility index (Phi) is 4.68. The molecule has 1 heterocycles. The van der Waals surface area contributed by atoms with Crippen molar-refractivity contribution in [3.63, 3.8) is 0 Å². The van der Waals surface area contributed by atoms with Gasteiger partial charge in [-0.2, -0.15) is 13.2 Å². The first kappa shape index (κ1) is 16.6. The molecule has 1 aromatic rings. The van der Waals surface area contributed by atoms with Gasteiger partial charge in [-0.05, 0) is 43.5 Å². The molecular weight excluding hydrogens is 295 g/mol. The van der Waals surface area contributed by atoms with Crippen molar-refractivity contribution in [2.45, 2.75) is 39.3 Å². The third-order valence-electron chi connectivity index (χ3n) is 4.42. The van der Waals surface area contributed by atoms with Crippen LogP contribution in [0.1, 0.15) is 33.1 Å². The van der Waals surface area contributed by atoms with E-state index < -0.39 is 12.8 Å². The lowest BCUT2D eigenvalue weighted by atomic mass is 9.81. The fourth-order valence-corrected chi connectivity index (χ4v) is 2.86. The zero-order chi connectivity index (χ0) is 16.4. The minimum absolute atomic E-state index is 0.0986. The molecule has 0 N–H and O–H groups in total. The SMILES string of the molecule is CCC1(CC)CCN(c2ccc(OCC(F)(F)F)cc2)C1=O. The first-order valence-electron chi connectivity index (χ1n) is 7.43. The molecule has 22 heavy (non-hydrogen) atoms. The van der Waals surface area contributed by atoms with Crippen molar-refractivity contribution in [2.75, 3.05) is 18.1 Å². The Morgan fingerprint density at radius 2 is 1.77 bits per heavy atom. The third-order valence-corrected chi connectivity index (χ3v) is 4.42. The predicted molar refractivity (Wildman–Crippen MR) is 78.0 cm³/mol. The summed E-state index contributed by atoms with van der Waals surface area (Å²) in [5.41, 5.74) is 0.402. The Hall–Kier alpha value is -1.72. The van der Waals surface area contributed by atoms with E-state index in [1.54, 1.807) is 17.0 Å². The van der Waals surface area contributed by atoms with Gasteiger partial charge in [-0.25, -0.2) is 0 Å². The molecule has 0 saturated carbocycles. The van der Waals surface area contributed by atoms with Crippen molar-refractivity contribution in [2.24, 2.45) is 5.41 Å². The highest BCUT2D eigenvalue weighted by Crippen LogP contribution is 2.40. The zero-order valence-electron chi connectivity index (χ0n) is 12.7. The number of hydrogen-bond acceptors (Lipinski definition) is 2. The highest BCUT2D eigenvalue weighted by atomic mass is 19.4. The smallest absolute Gasteiger partial charge is 0.422 e. The van der Waals surface area contributed by atoms with Crippen molar-refractivity contribution < 1.29 is 22.7 Å². The van der Waals surface area contributed by atoms with Crippen molar-refractivity contribution in [3.05, 3.63) is 24.3 Å². The van der Waals surface area contributed by atoms with Crippen LogP contribution < -0.4 is 9.64 Å². The molecule has 0 radical (unpaired) electrons. The second-order valence-corrected chi connectivity index (χ2v) is 5.59. The molecule has 1 saturated heterocycles. The summed E-state index contributed by atoms with van der Waals surface area (Å²) in [6, 6.07) is 6.19. The molecule has 3 nitrogen and oxygen atoms in total. The molecule has 0 atom stereocenters. The van der Waals surface area contributed by atoms with Gasteiger partial charge in [-0.3, -0.25) is 4.79 Å². The minimum Gasteiger partial charge on any atom is -0.484 e. The molecule has 1 aliphatic heterocycles. The number of benzene rings is 1. The van der Waals surface area contributed by atoms with Gasteiger partial charge in [0.1, 0.15) is 5.75 Å². The van der Waals surface area contributed by atoms with E-state index in [1.165, 1.54) is 12.1 Å². The number of nitrogens with zero attached hydrogens (tertiary/aromatic N) is 1. The number of carbonyl (C=O) groups is 1. The van der Waals surface area contributed by atoms with Crippen LogP contribution in [0.15, 0.2) is 24.3 Å². The van der Waals surface area contributed by atoms with Crippen LogP contribution in [0.3, 0.4) is 0 Å². The fraction of sp³-hybridized carbons (Fsp3) is 0.562. The number of halogens is 3. The Bertz CT molecular complexity index is 521. The Balaban J connectivity index is 2.07. The third kappa shape index (κ3) is 3.36. The van der Waals surface area contributed by atoms with Crippen LogP contribution in [-0.2, 0) is 4.79 Å². The van der Waals surface area contributed by atoms with Gasteiger partial charge in [0, 0.05) is 12.2 Å². The van der Waals surface area contributed by atoms with E-state index >= 15 is 0 Å². The van der Waals surface area contributed by atoms with E-state index in [1.807, 2.05) is 13.8 Å². The maximum absolute atomic E-state index is 12.6. The van der Waals surface area contributed by atoms with Crippen molar-refractivity contribution in [1.29, 1.82) is 0 Å². The van der Waals surface area contributed by atoms with E-state index in [0.717, 1.165) is 19.3 Å². The summed E-state index contributed by atoms with van der Waals surface area (Å²) >= 11 is 0. The van der Waals surface area contributed by atoms with E-state index in [4.69, 9.17) is 0 Å². The predicted octanol–water partition coefficient (Wildman–Crippen LogP) is 4.17. The van der Waals surface area contributed by atoms with Gasteiger partial charge < -0.3 is 9.64 Å². The number of hydrogen-bond donors (Lipinski definition) is 0. The molecular formula is C16H20F3NO2. The van der Waals surface area contributed by atoms with Crippen LogP contribution in [0, 0.1) is 5.41 Å². The molecule has 1 aromatic carbocycles. The Labute approximate surface area is 128 Å². The van der Waals surface area contributed by atoms with Gasteiger partial charge >= 0.3 is 6.18 Å². The summed E-state index contributed by atoms with van der Waals surface area (Å²) in [4.78, 5) is 14.3. The van der Waals surface area contributed by atoms with E-state index in [-0.39, 0.29) is 17.1 Å². The van der Waals surface area contributed by atoms with E-state index in [0.29, 0.717) is 12.2 Å². The average Bonchev–Trinajstić information content (AvgIpc) is 2.82. The summed E-state index contributed by atoms with van der Waals surface area (Å²) < 4.78 is 41.0. The second kappa shape index (κ2) is 6.18. The zero-order valence-corrected chi connectivity index (χ0v) is 12.7. The van der Waals surface area contributed by atoms with E-state index in [2.05, 4.69) is 4.74 Å². The standard InChI is InChI=1S/C16H20F3NO2/c1-3-15(4-2)9-10-20(14(15)21)12-5-7-13(8-6-12)22-11-16(17,18)19/h5-8H,3-4,9-11H2,1-2H3. The van der Waals surface area contributed by atoms with Crippen molar-refractivity contribution >= 4 is 11.6 Å². The van der Waals surface area contributed by atoms with Crippen LogP contribution in [0.2, 0.25) is 0 Å². The molecule has 0 aliphatic carbocycles. The summed E-state index contributed by atoms with van der Waals surface area (Å²) in [5, 5.41) is 0. The maximum atomic E-state index is 12.6. The molecule has 0 bridgehead atoms. The van der Waals surface area contributed by atoms with Gasteiger partial charge in [0.15, 0.2) is 6.61 Å². The lowest BCUT2D eigenvalue weighted by Crippen LogP contribution is -2.33. The number of rotatable bonds is 5. The van der Waals surface area contributed by atoms with Gasteiger partial charge in [-0.15, -0.1) is 0 Å². The topological polar surface area (TPSA) is 29.5 Å². The van der Waals surface area contributed by atoms with Crippen molar-refractivity contribution in [1.82, 2.24) is 0 Å². The number of anilines is 1. The van der Waals surface area contributed by atoms with Crippen LogP contribution in [0.5, 0.6) is 5.75 Å². The largest absolute Gasteiger partial charge is 0.484 e. The van der Waals surface area contributed by atoms with E-state index in [9.17, 15) is 18.0 Å². The lowest BCUT2D eigenvalue weighted by molar-refractivity contribution is -0.153. The second-order valence-electron chi connectivity index (χ2n) is 5.59. The highest BCUT2D eigenvalue weighted by Gasteiger charge is 2.44. The van der Waals surface area contributed by atoms with Gasteiger partial charge in [-0.1, -0.05) is 13.8 Å². The maximum Gasteiger partial charge on any atom is 0.422 e. The minimum atomic E-state index is -4.36. The Morgan fingerprint density at radius 3 is 2.23 bits per heavy atom. The molecule has 122 valence electrons. The van der Waals surface area contributed by atoms with Crippen molar-refractivity contribution in [3.8, 4) is 5.75 Å². The average molecular weight is 315 g/mol. The summed E-state index contributed by atoms with van der Waals surface area (Å²) in [5.74, 6) is 0.242. The molecule has 1 fully saturated rings. The first-order chi connectivity index (χ1) is 10.3. The molecule has 1 amide bonds. The quantitative estimate of drug-likeness (QED) is 0.816. The summed E-state index contributed by atoms with van der Waals surface area (Å²) in [6.07, 6.45) is -1.95. The Morgan fingerprint density at radius 1 is 1.18 bits per heavy atom. The molecule has 0 spiro atoms. The summed E-state index contributed by atoms with van der Waals surface area (Å²) in [6.45, 7) is 3.35. The van der Waals surface area contributed by atoms with Crippen LogP contribution in [-0.4, -0.2) is 25.2 Å². The molecule has 0 unspecified atom stereocenters. The normalized spacial score (nSPS) is 17.9. The number of ether oxygens (including phenoxy) is 1. The molecule has 2 rings (SSSR count). The van der Waals surface area contributed by atoms with Gasteiger partial charge in [0.05, 0.1) is 5.41 Å². The molecule has 1 aliphatic rings. The molecule has 6 heteroatoms. The molecule has 0 aromatic heterocycles. The first-order valence-corrected chi connectivity index (χ1v) is 7.43. The number of amides is 1. The van der Waals surface area contributed by atoms with Crippen LogP contribution in [0.4, 0.5) is 18.9 Å².